The normalized spacial score (nSPS) is 12.5. The first kappa shape index (κ1) is 15.7. The van der Waals surface area contributed by atoms with E-state index in [0.717, 1.165) is 0 Å². The Labute approximate surface area is 128 Å². The van der Waals surface area contributed by atoms with Crippen molar-refractivity contribution in [3.05, 3.63) is 71.8 Å². The number of rotatable bonds is 5. The molecule has 1 amide bonds. The van der Waals surface area contributed by atoms with Crippen molar-refractivity contribution in [1.29, 1.82) is 0 Å². The maximum atomic E-state index is 12.6. The molecule has 0 aliphatic heterocycles. The minimum Gasteiger partial charge on any atom is -0.480 e. The number of hydrogen-bond donors (Lipinski definition) is 3. The van der Waals surface area contributed by atoms with Gasteiger partial charge in [0.2, 0.25) is 0 Å². The van der Waals surface area contributed by atoms with Gasteiger partial charge in [0.05, 0.1) is 0 Å². The van der Waals surface area contributed by atoms with Crippen molar-refractivity contribution in [3.8, 4) is 0 Å². The van der Waals surface area contributed by atoms with Crippen LogP contribution in [0.2, 0.25) is 0 Å². The van der Waals surface area contributed by atoms with Gasteiger partial charge in [-0.3, -0.25) is 9.59 Å². The van der Waals surface area contributed by atoms with Crippen LogP contribution in [-0.2, 0) is 15.2 Å². The Morgan fingerprint density at radius 3 is 1.73 bits per heavy atom. The van der Waals surface area contributed by atoms with E-state index in [1.54, 1.807) is 60.7 Å². The Morgan fingerprint density at radius 1 is 0.955 bits per heavy atom. The Hall–Kier alpha value is -2.66. The third-order valence-electron chi connectivity index (χ3n) is 3.43. The van der Waals surface area contributed by atoms with Gasteiger partial charge < -0.3 is 15.5 Å². The van der Waals surface area contributed by atoms with Crippen LogP contribution in [0.25, 0.3) is 0 Å². The molecule has 114 valence electrons. The van der Waals surface area contributed by atoms with Gasteiger partial charge in [-0.15, -0.1) is 0 Å². The van der Waals surface area contributed by atoms with Crippen molar-refractivity contribution in [3.63, 3.8) is 0 Å². The molecule has 2 aromatic carbocycles. The molecule has 0 bridgehead atoms. The summed E-state index contributed by atoms with van der Waals surface area (Å²) < 4.78 is 0. The Bertz CT molecular complexity index is 615. The fourth-order valence-corrected chi connectivity index (χ4v) is 2.15. The summed E-state index contributed by atoms with van der Waals surface area (Å²) in [6, 6.07) is 15.8. The Balaban J connectivity index is 2.47. The minimum atomic E-state index is -1.95. The molecule has 1 atom stereocenters. The van der Waals surface area contributed by atoms with Crippen LogP contribution in [0.1, 0.15) is 18.1 Å². The second-order valence-electron chi connectivity index (χ2n) is 4.98. The molecule has 0 heterocycles. The zero-order valence-corrected chi connectivity index (χ0v) is 12.1. The zero-order valence-electron chi connectivity index (χ0n) is 12.1. The lowest BCUT2D eigenvalue weighted by atomic mass is 9.85. The van der Waals surface area contributed by atoms with Crippen LogP contribution in [0.15, 0.2) is 60.7 Å². The fraction of sp³-hybridized carbons (Fsp3) is 0.176. The van der Waals surface area contributed by atoms with Crippen LogP contribution in [0.5, 0.6) is 0 Å². The van der Waals surface area contributed by atoms with Gasteiger partial charge in [0.1, 0.15) is 6.04 Å². The Kier molecular flexibility index (Phi) is 4.58. The second kappa shape index (κ2) is 6.41. The van der Waals surface area contributed by atoms with E-state index in [4.69, 9.17) is 5.11 Å². The van der Waals surface area contributed by atoms with Crippen LogP contribution < -0.4 is 5.32 Å². The SMILES string of the molecule is CC(NC(=O)C(O)(c1ccccc1)c1ccccc1)C(=O)O. The van der Waals surface area contributed by atoms with E-state index < -0.39 is 23.5 Å². The van der Waals surface area contributed by atoms with Gasteiger partial charge in [-0.2, -0.15) is 0 Å². The summed E-state index contributed by atoms with van der Waals surface area (Å²) in [5, 5.41) is 22.3. The van der Waals surface area contributed by atoms with Gasteiger partial charge in [0.15, 0.2) is 5.60 Å². The number of amides is 1. The molecule has 3 N–H and O–H groups in total. The summed E-state index contributed by atoms with van der Waals surface area (Å²) in [6.07, 6.45) is 0. The van der Waals surface area contributed by atoms with E-state index >= 15 is 0 Å². The van der Waals surface area contributed by atoms with E-state index in [0.29, 0.717) is 11.1 Å². The Morgan fingerprint density at radius 2 is 1.36 bits per heavy atom. The number of nitrogens with one attached hydrogen (secondary N) is 1. The predicted octanol–water partition coefficient (Wildman–Crippen LogP) is 1.51. The molecule has 5 heteroatoms. The quantitative estimate of drug-likeness (QED) is 0.781. The molecule has 0 spiro atoms. The van der Waals surface area contributed by atoms with Crippen molar-refractivity contribution in [2.75, 3.05) is 0 Å². The van der Waals surface area contributed by atoms with Gasteiger partial charge in [0.25, 0.3) is 5.91 Å². The highest BCUT2D eigenvalue weighted by Crippen LogP contribution is 2.29. The summed E-state index contributed by atoms with van der Waals surface area (Å²) in [7, 11) is 0. The van der Waals surface area contributed by atoms with E-state index in [1.165, 1.54) is 6.92 Å². The first-order valence-electron chi connectivity index (χ1n) is 6.83. The molecule has 22 heavy (non-hydrogen) atoms. The van der Waals surface area contributed by atoms with Crippen LogP contribution in [0, 0.1) is 0 Å². The topological polar surface area (TPSA) is 86.6 Å². The third kappa shape index (κ3) is 2.99. The monoisotopic (exact) mass is 299 g/mol. The molecule has 2 aromatic rings. The lowest BCUT2D eigenvalue weighted by Crippen LogP contribution is -2.50. The number of benzene rings is 2. The first-order chi connectivity index (χ1) is 10.5. The maximum absolute atomic E-state index is 12.6. The standard InChI is InChI=1S/C17H17NO4/c1-12(15(19)20)18-16(21)17(22,13-8-4-2-5-9-13)14-10-6-3-7-11-14/h2-12,22H,1H3,(H,18,21)(H,19,20). The van der Waals surface area contributed by atoms with Gasteiger partial charge in [-0.1, -0.05) is 60.7 Å². The highest BCUT2D eigenvalue weighted by Gasteiger charge is 2.40. The van der Waals surface area contributed by atoms with Gasteiger partial charge in [-0.25, -0.2) is 0 Å². The van der Waals surface area contributed by atoms with E-state index in [1.807, 2.05) is 0 Å². The molecule has 0 aliphatic carbocycles. The van der Waals surface area contributed by atoms with Crippen LogP contribution in [-0.4, -0.2) is 28.1 Å². The van der Waals surface area contributed by atoms with Crippen molar-refractivity contribution in [2.24, 2.45) is 0 Å². The van der Waals surface area contributed by atoms with Crippen LogP contribution in [0.3, 0.4) is 0 Å². The number of carbonyl (C=O) groups is 2. The number of aliphatic carboxylic acids is 1. The van der Waals surface area contributed by atoms with Crippen LogP contribution >= 0.6 is 0 Å². The smallest absolute Gasteiger partial charge is 0.325 e. The van der Waals surface area contributed by atoms with Crippen LogP contribution in [0.4, 0.5) is 0 Å². The van der Waals surface area contributed by atoms with E-state index in [2.05, 4.69) is 5.32 Å². The molecular weight excluding hydrogens is 282 g/mol. The largest absolute Gasteiger partial charge is 0.480 e. The predicted molar refractivity (Wildman–Crippen MR) is 81.1 cm³/mol. The number of hydrogen-bond acceptors (Lipinski definition) is 3. The van der Waals surface area contributed by atoms with E-state index in [-0.39, 0.29) is 0 Å². The molecule has 0 aromatic heterocycles. The lowest BCUT2D eigenvalue weighted by Gasteiger charge is -2.29. The summed E-state index contributed by atoms with van der Waals surface area (Å²) in [5.41, 5.74) is -1.21. The second-order valence-corrected chi connectivity index (χ2v) is 4.98. The number of carboxylic acids is 1. The molecule has 0 fully saturated rings. The molecular formula is C17H17NO4. The highest BCUT2D eigenvalue weighted by atomic mass is 16.4. The summed E-state index contributed by atoms with van der Waals surface area (Å²) in [6.45, 7) is 1.34. The minimum absolute atomic E-state index is 0.372. The summed E-state index contributed by atoms with van der Waals surface area (Å²) >= 11 is 0. The van der Waals surface area contributed by atoms with Gasteiger partial charge >= 0.3 is 5.97 Å². The number of carboxylic acid groups (broad SMARTS) is 1. The lowest BCUT2D eigenvalue weighted by molar-refractivity contribution is -0.145. The van der Waals surface area contributed by atoms with Gasteiger partial charge in [0, 0.05) is 0 Å². The fourth-order valence-electron chi connectivity index (χ4n) is 2.15. The van der Waals surface area contributed by atoms with Crippen molar-refractivity contribution >= 4 is 11.9 Å². The van der Waals surface area contributed by atoms with Crippen molar-refractivity contribution in [1.82, 2.24) is 5.32 Å². The van der Waals surface area contributed by atoms with Crippen molar-refractivity contribution < 1.29 is 19.8 Å². The molecule has 2 rings (SSSR count). The number of aliphatic hydroxyl groups is 1. The molecule has 0 radical (unpaired) electrons. The van der Waals surface area contributed by atoms with Gasteiger partial charge in [-0.05, 0) is 18.1 Å². The number of carbonyl (C=O) groups excluding carboxylic acids is 1. The highest BCUT2D eigenvalue weighted by molar-refractivity contribution is 5.92. The molecule has 5 nitrogen and oxygen atoms in total. The van der Waals surface area contributed by atoms with Crippen molar-refractivity contribution in [2.45, 2.75) is 18.6 Å². The first-order valence-corrected chi connectivity index (χ1v) is 6.83. The molecule has 0 saturated heterocycles. The summed E-state index contributed by atoms with van der Waals surface area (Å²) in [4.78, 5) is 23.5. The molecule has 0 saturated carbocycles. The zero-order chi connectivity index (χ0) is 16.2. The maximum Gasteiger partial charge on any atom is 0.325 e. The average molecular weight is 299 g/mol. The average Bonchev–Trinajstić information content (AvgIpc) is 2.55. The molecule has 1 unspecified atom stereocenters. The summed E-state index contributed by atoms with van der Waals surface area (Å²) in [5.74, 6) is -1.95. The third-order valence-corrected chi connectivity index (χ3v) is 3.43. The molecule has 0 aliphatic rings. The van der Waals surface area contributed by atoms with E-state index in [9.17, 15) is 14.7 Å².